The van der Waals surface area contributed by atoms with E-state index in [1.54, 1.807) is 22.7 Å². The Kier molecular flexibility index (Phi) is 4.52. The predicted molar refractivity (Wildman–Crippen MR) is 118 cm³/mol. The van der Waals surface area contributed by atoms with Gasteiger partial charge in [0.15, 0.2) is 5.65 Å². The molecule has 8 heteroatoms. The highest BCUT2D eigenvalue weighted by molar-refractivity contribution is 6.33. The van der Waals surface area contributed by atoms with Crippen LogP contribution in [0.3, 0.4) is 0 Å². The van der Waals surface area contributed by atoms with Gasteiger partial charge in [0.2, 0.25) is 5.71 Å². The summed E-state index contributed by atoms with van der Waals surface area (Å²) in [5.74, 6) is 0.824. The van der Waals surface area contributed by atoms with Crippen LogP contribution in [0.15, 0.2) is 51.9 Å². The molecule has 0 unspecified atom stereocenters. The fourth-order valence-electron chi connectivity index (χ4n) is 4.04. The number of nitrogens with zero attached hydrogens (tertiary/aromatic N) is 5. The molecule has 0 bridgehead atoms. The first kappa shape index (κ1) is 19.1. The highest BCUT2D eigenvalue weighted by Gasteiger charge is 2.27. The summed E-state index contributed by atoms with van der Waals surface area (Å²) in [4.78, 5) is 26.5. The van der Waals surface area contributed by atoms with Crippen LogP contribution in [-0.2, 0) is 0 Å². The first-order valence-corrected chi connectivity index (χ1v) is 10.3. The topological polar surface area (TPSA) is 66.9 Å². The van der Waals surface area contributed by atoms with Crippen molar-refractivity contribution in [1.29, 1.82) is 0 Å². The molecule has 7 nitrogen and oxygen atoms in total. The van der Waals surface area contributed by atoms with Gasteiger partial charge in [0, 0.05) is 43.0 Å². The Bertz CT molecular complexity index is 1300. The molecule has 0 saturated carbocycles. The van der Waals surface area contributed by atoms with E-state index in [0.29, 0.717) is 39.7 Å². The molecule has 4 aromatic heterocycles. The lowest BCUT2D eigenvalue weighted by Crippen LogP contribution is -2.55. The van der Waals surface area contributed by atoms with E-state index in [4.69, 9.17) is 16.0 Å². The Labute approximate surface area is 178 Å². The van der Waals surface area contributed by atoms with Crippen molar-refractivity contribution in [2.24, 2.45) is 0 Å². The van der Waals surface area contributed by atoms with Crippen molar-refractivity contribution in [2.75, 3.05) is 25.0 Å². The summed E-state index contributed by atoms with van der Waals surface area (Å²) in [6, 6.07) is 10.1. The second kappa shape index (κ2) is 7.11. The van der Waals surface area contributed by atoms with Crippen LogP contribution < -0.4 is 10.5 Å². The van der Waals surface area contributed by atoms with Crippen molar-refractivity contribution in [2.45, 2.75) is 25.9 Å². The van der Waals surface area contributed by atoms with Gasteiger partial charge >= 0.3 is 5.63 Å². The average Bonchev–Trinajstić information content (AvgIpc) is 3.16. The Morgan fingerprint density at radius 1 is 1.13 bits per heavy atom. The summed E-state index contributed by atoms with van der Waals surface area (Å²) < 4.78 is 7.38. The van der Waals surface area contributed by atoms with Gasteiger partial charge in [0.05, 0.1) is 16.3 Å². The monoisotopic (exact) mass is 423 g/mol. The fourth-order valence-corrected chi connectivity index (χ4v) is 4.26. The molecule has 1 saturated heterocycles. The Hall–Kier alpha value is -2.90. The molecular formula is C22H22ClN5O2. The first-order chi connectivity index (χ1) is 14.4. The summed E-state index contributed by atoms with van der Waals surface area (Å²) in [5, 5.41) is 1.28. The zero-order valence-corrected chi connectivity index (χ0v) is 17.8. The molecule has 1 fully saturated rings. The number of anilines is 1. The zero-order valence-electron chi connectivity index (χ0n) is 17.0. The molecule has 0 aliphatic carbocycles. The van der Waals surface area contributed by atoms with Gasteiger partial charge in [0.25, 0.3) is 0 Å². The quantitative estimate of drug-likeness (QED) is 0.490. The lowest BCUT2D eigenvalue weighted by Gasteiger charge is -2.42. The Balaban J connectivity index is 1.54. The minimum Gasteiger partial charge on any atom is -0.403 e. The maximum absolute atomic E-state index is 12.7. The zero-order chi connectivity index (χ0) is 21.0. The number of pyridine rings is 2. The summed E-state index contributed by atoms with van der Waals surface area (Å²) in [5.41, 5.74) is 1.37. The standard InChI is InChI=1S/C22H22ClN5O2/c1-13-10-28(11-14(2)26(13)3)19-7-6-15-9-16(22(29)30-21(15)25-19)18-12-27-8-4-5-17(23)20(27)24-18/h4-9,12-14H,10-11H2,1-3H3/t13-,14+. The molecule has 0 radical (unpaired) electrons. The molecule has 4 aromatic rings. The number of aromatic nitrogens is 3. The molecule has 5 rings (SSSR count). The lowest BCUT2D eigenvalue weighted by atomic mass is 10.1. The van der Waals surface area contributed by atoms with Crippen molar-refractivity contribution >= 4 is 34.2 Å². The second-order valence-electron chi connectivity index (χ2n) is 7.99. The SMILES string of the molecule is C[C@@H]1CN(c2ccc3cc(-c4cn5cccc(Cl)c5n4)c(=O)oc3n2)C[C@H](C)N1C. The molecule has 0 aromatic carbocycles. The average molecular weight is 424 g/mol. The van der Waals surface area contributed by atoms with Gasteiger partial charge in [-0.05, 0) is 51.2 Å². The van der Waals surface area contributed by atoms with E-state index >= 15 is 0 Å². The maximum atomic E-state index is 12.7. The van der Waals surface area contributed by atoms with E-state index in [1.807, 2.05) is 24.4 Å². The van der Waals surface area contributed by atoms with Gasteiger partial charge in [-0.15, -0.1) is 0 Å². The van der Waals surface area contributed by atoms with E-state index in [9.17, 15) is 4.79 Å². The van der Waals surface area contributed by atoms with Gasteiger partial charge in [-0.25, -0.2) is 9.78 Å². The van der Waals surface area contributed by atoms with Crippen LogP contribution in [0.25, 0.3) is 28.0 Å². The number of imidazole rings is 1. The molecule has 1 aliphatic heterocycles. The maximum Gasteiger partial charge on any atom is 0.347 e. The smallest absolute Gasteiger partial charge is 0.347 e. The summed E-state index contributed by atoms with van der Waals surface area (Å²) in [6.07, 6.45) is 3.61. The van der Waals surface area contributed by atoms with E-state index in [2.05, 4.69) is 40.7 Å². The Morgan fingerprint density at radius 2 is 1.90 bits per heavy atom. The van der Waals surface area contributed by atoms with Crippen LogP contribution in [0, 0.1) is 0 Å². The summed E-state index contributed by atoms with van der Waals surface area (Å²) in [7, 11) is 2.15. The van der Waals surface area contributed by atoms with Crippen molar-refractivity contribution in [3.63, 3.8) is 0 Å². The largest absolute Gasteiger partial charge is 0.403 e. The molecule has 1 aliphatic rings. The number of rotatable bonds is 2. The molecule has 154 valence electrons. The minimum atomic E-state index is -0.466. The third kappa shape index (κ3) is 3.14. The van der Waals surface area contributed by atoms with Crippen molar-refractivity contribution in [3.05, 3.63) is 58.2 Å². The summed E-state index contributed by atoms with van der Waals surface area (Å²) in [6.45, 7) is 6.17. The highest BCUT2D eigenvalue weighted by Crippen LogP contribution is 2.26. The highest BCUT2D eigenvalue weighted by atomic mass is 35.5. The van der Waals surface area contributed by atoms with Crippen molar-refractivity contribution in [1.82, 2.24) is 19.3 Å². The predicted octanol–water partition coefficient (Wildman–Crippen LogP) is 3.68. The van der Waals surface area contributed by atoms with Crippen molar-refractivity contribution < 1.29 is 4.42 Å². The van der Waals surface area contributed by atoms with Crippen molar-refractivity contribution in [3.8, 4) is 11.3 Å². The summed E-state index contributed by atoms with van der Waals surface area (Å²) >= 11 is 6.21. The first-order valence-electron chi connectivity index (χ1n) is 9.96. The normalized spacial score (nSPS) is 20.3. The number of hydrogen-bond donors (Lipinski definition) is 0. The van der Waals surface area contributed by atoms with Crippen LogP contribution in [0.1, 0.15) is 13.8 Å². The number of halogens is 1. The van der Waals surface area contributed by atoms with Crippen LogP contribution in [-0.4, -0.2) is 51.5 Å². The molecule has 5 heterocycles. The molecule has 30 heavy (non-hydrogen) atoms. The van der Waals surface area contributed by atoms with Gasteiger partial charge in [-0.3, -0.25) is 4.90 Å². The second-order valence-corrected chi connectivity index (χ2v) is 8.40. The molecule has 0 N–H and O–H groups in total. The Morgan fingerprint density at radius 3 is 2.63 bits per heavy atom. The van der Waals surface area contributed by atoms with Gasteiger partial charge < -0.3 is 13.7 Å². The van der Waals surface area contributed by atoms with Gasteiger partial charge in [-0.1, -0.05) is 11.6 Å². The molecule has 0 amide bonds. The minimum absolute atomic E-state index is 0.335. The van der Waals surface area contributed by atoms with E-state index in [0.717, 1.165) is 24.3 Å². The number of hydrogen-bond acceptors (Lipinski definition) is 6. The van der Waals surface area contributed by atoms with E-state index < -0.39 is 5.63 Å². The fraction of sp³-hybridized carbons (Fsp3) is 0.318. The molecule has 2 atom stereocenters. The van der Waals surface area contributed by atoms with Gasteiger partial charge in [-0.2, -0.15) is 4.98 Å². The van der Waals surface area contributed by atoms with Crippen LogP contribution in [0.2, 0.25) is 5.02 Å². The third-order valence-corrected chi connectivity index (χ3v) is 6.27. The lowest BCUT2D eigenvalue weighted by molar-refractivity contribution is 0.169. The van der Waals surface area contributed by atoms with Crippen LogP contribution >= 0.6 is 11.6 Å². The number of fused-ring (bicyclic) bond motifs is 2. The number of piperazine rings is 1. The third-order valence-electron chi connectivity index (χ3n) is 5.98. The van der Waals surface area contributed by atoms with E-state index in [1.165, 1.54) is 0 Å². The number of likely N-dealkylation sites (N-methyl/N-ethyl adjacent to an activating group) is 1. The molecule has 0 spiro atoms. The van der Waals surface area contributed by atoms with E-state index in [-0.39, 0.29) is 0 Å². The van der Waals surface area contributed by atoms with Gasteiger partial charge in [0.1, 0.15) is 5.82 Å². The van der Waals surface area contributed by atoms with Crippen LogP contribution in [0.4, 0.5) is 5.82 Å². The molecular weight excluding hydrogens is 402 g/mol. The van der Waals surface area contributed by atoms with Crippen LogP contribution in [0.5, 0.6) is 0 Å².